The number of rotatable bonds is 4. The summed E-state index contributed by atoms with van der Waals surface area (Å²) < 4.78 is 49.0. The van der Waals surface area contributed by atoms with E-state index in [2.05, 4.69) is 0 Å². The van der Waals surface area contributed by atoms with Gasteiger partial charge in [0.05, 0.1) is 19.8 Å². The van der Waals surface area contributed by atoms with Crippen molar-refractivity contribution in [1.29, 1.82) is 0 Å². The number of methoxy groups -OCH3 is 2. The summed E-state index contributed by atoms with van der Waals surface area (Å²) in [4.78, 5) is 14.8. The van der Waals surface area contributed by atoms with Gasteiger partial charge in [0, 0.05) is 12.3 Å². The van der Waals surface area contributed by atoms with Crippen molar-refractivity contribution in [2.24, 2.45) is 0 Å². The van der Waals surface area contributed by atoms with Crippen LogP contribution in [-0.2, 0) is 6.18 Å². The quantitative estimate of drug-likeness (QED) is 0.755. The first kappa shape index (κ1) is 19.4. The van der Waals surface area contributed by atoms with Gasteiger partial charge < -0.3 is 14.4 Å². The van der Waals surface area contributed by atoms with Gasteiger partial charge in [-0.15, -0.1) is 11.8 Å². The molecular formula is C19H18F3NO3S. The standard InChI is InChI=1S/C19H18F3NO3S/c1-25-14-4-3-5-15(26-2)16(14)17(24)23-10-11-27-18(23)12-6-8-13(9-7-12)19(20,21)22/h3-9,18H,10-11H2,1-2H3/t18-/m0/s1. The lowest BCUT2D eigenvalue weighted by molar-refractivity contribution is -0.137. The molecule has 1 atom stereocenters. The van der Waals surface area contributed by atoms with Gasteiger partial charge in [-0.1, -0.05) is 18.2 Å². The third kappa shape index (κ3) is 3.85. The SMILES string of the molecule is COc1cccc(OC)c1C(=O)N1CCS[C@H]1c1ccc(C(F)(F)F)cc1. The molecule has 8 heteroatoms. The van der Waals surface area contributed by atoms with Gasteiger partial charge >= 0.3 is 6.18 Å². The molecule has 0 spiro atoms. The number of hydrogen-bond donors (Lipinski definition) is 0. The van der Waals surface area contributed by atoms with E-state index in [-0.39, 0.29) is 11.3 Å². The maximum absolute atomic E-state index is 13.2. The summed E-state index contributed by atoms with van der Waals surface area (Å²) in [6, 6.07) is 10.00. The van der Waals surface area contributed by atoms with Crippen LogP contribution in [0.5, 0.6) is 11.5 Å². The Bertz CT molecular complexity index is 802. The lowest BCUT2D eigenvalue weighted by Crippen LogP contribution is -2.31. The molecule has 0 aliphatic carbocycles. The summed E-state index contributed by atoms with van der Waals surface area (Å²) in [5.74, 6) is 1.19. The molecule has 1 heterocycles. The molecule has 27 heavy (non-hydrogen) atoms. The fourth-order valence-electron chi connectivity index (χ4n) is 3.00. The maximum Gasteiger partial charge on any atom is 0.416 e. The molecule has 1 saturated heterocycles. The summed E-state index contributed by atoms with van der Waals surface area (Å²) in [7, 11) is 2.94. The van der Waals surface area contributed by atoms with Crippen LogP contribution in [0.4, 0.5) is 13.2 Å². The summed E-state index contributed by atoms with van der Waals surface area (Å²) in [6.07, 6.45) is -4.39. The second-order valence-electron chi connectivity index (χ2n) is 5.88. The molecule has 1 aliphatic rings. The van der Waals surface area contributed by atoms with E-state index in [4.69, 9.17) is 9.47 Å². The number of alkyl halides is 3. The van der Waals surface area contributed by atoms with Gasteiger partial charge in [0.2, 0.25) is 0 Å². The van der Waals surface area contributed by atoms with E-state index in [1.807, 2.05) is 0 Å². The largest absolute Gasteiger partial charge is 0.496 e. The third-order valence-electron chi connectivity index (χ3n) is 4.32. The molecule has 0 N–H and O–H groups in total. The van der Waals surface area contributed by atoms with Crippen LogP contribution in [0.3, 0.4) is 0 Å². The minimum atomic E-state index is -4.39. The Morgan fingerprint density at radius 1 is 1.07 bits per heavy atom. The van der Waals surface area contributed by atoms with Gasteiger partial charge in [0.15, 0.2) is 0 Å². The first-order valence-corrected chi connectivity index (χ1v) is 9.22. The predicted octanol–water partition coefficient (Wildman–Crippen LogP) is 4.61. The van der Waals surface area contributed by atoms with Crippen molar-refractivity contribution in [2.75, 3.05) is 26.5 Å². The van der Waals surface area contributed by atoms with Crippen molar-refractivity contribution in [3.05, 3.63) is 59.2 Å². The van der Waals surface area contributed by atoms with E-state index in [9.17, 15) is 18.0 Å². The lowest BCUT2D eigenvalue weighted by atomic mass is 10.1. The molecule has 4 nitrogen and oxygen atoms in total. The van der Waals surface area contributed by atoms with Crippen molar-refractivity contribution in [2.45, 2.75) is 11.6 Å². The Balaban J connectivity index is 1.92. The van der Waals surface area contributed by atoms with E-state index >= 15 is 0 Å². The van der Waals surface area contributed by atoms with Crippen LogP contribution >= 0.6 is 11.8 Å². The first-order valence-electron chi connectivity index (χ1n) is 8.17. The van der Waals surface area contributed by atoms with Crippen LogP contribution in [0.15, 0.2) is 42.5 Å². The number of amides is 1. The van der Waals surface area contributed by atoms with Gasteiger partial charge in [-0.2, -0.15) is 13.2 Å². The van der Waals surface area contributed by atoms with Crippen LogP contribution in [0.1, 0.15) is 26.9 Å². The molecule has 0 radical (unpaired) electrons. The van der Waals surface area contributed by atoms with Crippen LogP contribution in [0, 0.1) is 0 Å². The summed E-state index contributed by atoms with van der Waals surface area (Å²) in [5.41, 5.74) is 0.244. The summed E-state index contributed by atoms with van der Waals surface area (Å²) in [5, 5.41) is -0.366. The lowest BCUT2D eigenvalue weighted by Gasteiger charge is -2.26. The topological polar surface area (TPSA) is 38.8 Å². The highest BCUT2D eigenvalue weighted by Crippen LogP contribution is 2.41. The molecule has 0 aromatic heterocycles. The average molecular weight is 397 g/mol. The Kier molecular flexibility index (Phi) is 5.55. The number of hydrogen-bond acceptors (Lipinski definition) is 4. The van der Waals surface area contributed by atoms with Crippen LogP contribution < -0.4 is 9.47 Å². The van der Waals surface area contributed by atoms with Crippen molar-refractivity contribution in [3.63, 3.8) is 0 Å². The zero-order valence-electron chi connectivity index (χ0n) is 14.7. The van der Waals surface area contributed by atoms with E-state index in [1.54, 1.807) is 23.1 Å². The van der Waals surface area contributed by atoms with Crippen LogP contribution in [-0.4, -0.2) is 37.3 Å². The van der Waals surface area contributed by atoms with Gasteiger partial charge in [0.1, 0.15) is 22.4 Å². The Morgan fingerprint density at radius 2 is 1.67 bits per heavy atom. The zero-order chi connectivity index (χ0) is 19.6. The maximum atomic E-state index is 13.2. The van der Waals surface area contributed by atoms with Crippen molar-refractivity contribution < 1.29 is 27.4 Å². The minimum absolute atomic E-state index is 0.279. The van der Waals surface area contributed by atoms with Gasteiger partial charge in [-0.3, -0.25) is 4.79 Å². The number of halogens is 3. The first-order chi connectivity index (χ1) is 12.9. The molecule has 144 valence electrons. The van der Waals surface area contributed by atoms with Crippen molar-refractivity contribution >= 4 is 17.7 Å². The average Bonchev–Trinajstić information content (AvgIpc) is 3.16. The number of carbonyl (C=O) groups is 1. The number of carbonyl (C=O) groups excluding carboxylic acids is 1. The predicted molar refractivity (Wildman–Crippen MR) is 97.2 cm³/mol. The van der Waals surface area contributed by atoms with E-state index in [1.165, 1.54) is 38.1 Å². The second kappa shape index (κ2) is 7.72. The van der Waals surface area contributed by atoms with Crippen molar-refractivity contribution in [3.8, 4) is 11.5 Å². The highest BCUT2D eigenvalue weighted by Gasteiger charge is 2.35. The Morgan fingerprint density at radius 3 is 2.19 bits per heavy atom. The zero-order valence-corrected chi connectivity index (χ0v) is 15.6. The number of nitrogens with zero attached hydrogens (tertiary/aromatic N) is 1. The van der Waals surface area contributed by atoms with E-state index in [0.717, 1.165) is 12.1 Å². The highest BCUT2D eigenvalue weighted by atomic mass is 32.2. The molecule has 2 aromatic carbocycles. The van der Waals surface area contributed by atoms with Crippen molar-refractivity contribution in [1.82, 2.24) is 4.90 Å². The summed E-state index contributed by atoms with van der Waals surface area (Å²) >= 11 is 1.51. The summed E-state index contributed by atoms with van der Waals surface area (Å²) in [6.45, 7) is 0.483. The van der Waals surface area contributed by atoms with Crippen LogP contribution in [0.25, 0.3) is 0 Å². The molecule has 3 rings (SSSR count). The second-order valence-corrected chi connectivity index (χ2v) is 7.07. The smallest absolute Gasteiger partial charge is 0.416 e. The van der Waals surface area contributed by atoms with Gasteiger partial charge in [-0.05, 0) is 29.8 Å². The number of thioether (sulfide) groups is 1. The van der Waals surface area contributed by atoms with Gasteiger partial charge in [0.25, 0.3) is 5.91 Å². The van der Waals surface area contributed by atoms with Gasteiger partial charge in [-0.25, -0.2) is 0 Å². The minimum Gasteiger partial charge on any atom is -0.496 e. The molecule has 0 saturated carbocycles. The number of ether oxygens (including phenoxy) is 2. The number of benzene rings is 2. The molecule has 2 aromatic rings. The normalized spacial score (nSPS) is 17.1. The fraction of sp³-hybridized carbons (Fsp3) is 0.316. The molecule has 1 aliphatic heterocycles. The Labute approximate surface area is 159 Å². The molecule has 1 fully saturated rings. The molecule has 1 amide bonds. The molecule has 0 bridgehead atoms. The molecule has 0 unspecified atom stereocenters. The molecular weight excluding hydrogens is 379 g/mol. The highest BCUT2D eigenvalue weighted by molar-refractivity contribution is 7.99. The van der Waals surface area contributed by atoms with E-state index in [0.29, 0.717) is 34.9 Å². The third-order valence-corrected chi connectivity index (χ3v) is 5.58. The fourth-order valence-corrected chi connectivity index (χ4v) is 4.25. The van der Waals surface area contributed by atoms with E-state index < -0.39 is 11.7 Å². The Hall–Kier alpha value is -2.35. The monoisotopic (exact) mass is 397 g/mol. The van der Waals surface area contributed by atoms with Crippen LogP contribution in [0.2, 0.25) is 0 Å².